The molecule has 7 heteroatoms. The molecule has 1 aliphatic rings. The molecule has 0 bridgehead atoms. The second kappa shape index (κ2) is 9.43. The Morgan fingerprint density at radius 3 is 2.36 bits per heavy atom. The maximum atomic E-state index is 13.2. The summed E-state index contributed by atoms with van der Waals surface area (Å²) in [6.45, 7) is 3.77. The Morgan fingerprint density at radius 2 is 1.71 bits per heavy atom. The van der Waals surface area contributed by atoms with Gasteiger partial charge in [-0.3, -0.25) is 9.59 Å². The van der Waals surface area contributed by atoms with Crippen LogP contribution in [0.5, 0.6) is 0 Å². The molecule has 0 spiro atoms. The standard InChI is InChI=1S/C21H22ClFN2O2S/c1-15(28-14-16-5-3-2-4-6-16)20(26)24-9-11-25(12-10-24)21(27)18-8-7-17(23)13-19(18)22/h2-8,13,15H,9-12,14H2,1H3. The Kier molecular flexibility index (Phi) is 6.97. The van der Waals surface area contributed by atoms with Crippen molar-refractivity contribution in [2.75, 3.05) is 26.2 Å². The lowest BCUT2D eigenvalue weighted by Crippen LogP contribution is -2.52. The van der Waals surface area contributed by atoms with Crippen LogP contribution >= 0.6 is 23.4 Å². The van der Waals surface area contributed by atoms with E-state index in [9.17, 15) is 14.0 Å². The lowest BCUT2D eigenvalue weighted by atomic mass is 10.1. The minimum absolute atomic E-state index is 0.0906. The first-order valence-electron chi connectivity index (χ1n) is 9.14. The van der Waals surface area contributed by atoms with Crippen LogP contribution < -0.4 is 0 Å². The summed E-state index contributed by atoms with van der Waals surface area (Å²) in [6, 6.07) is 13.8. The molecule has 2 aromatic carbocycles. The van der Waals surface area contributed by atoms with E-state index in [0.717, 1.165) is 11.8 Å². The lowest BCUT2D eigenvalue weighted by Gasteiger charge is -2.36. The van der Waals surface area contributed by atoms with Gasteiger partial charge >= 0.3 is 0 Å². The number of rotatable bonds is 5. The first-order valence-corrected chi connectivity index (χ1v) is 10.6. The molecule has 148 valence electrons. The molecule has 0 aliphatic carbocycles. The van der Waals surface area contributed by atoms with Crippen molar-refractivity contribution in [1.82, 2.24) is 9.80 Å². The molecule has 2 amide bonds. The van der Waals surface area contributed by atoms with E-state index < -0.39 is 5.82 Å². The zero-order valence-corrected chi connectivity index (χ0v) is 17.2. The Hall–Kier alpha value is -2.05. The molecule has 2 aromatic rings. The summed E-state index contributed by atoms with van der Waals surface area (Å²) in [5, 5.41) is -0.0385. The molecule has 1 unspecified atom stereocenters. The van der Waals surface area contributed by atoms with Crippen LogP contribution in [-0.4, -0.2) is 53.0 Å². The van der Waals surface area contributed by atoms with Gasteiger partial charge in [0.25, 0.3) is 5.91 Å². The topological polar surface area (TPSA) is 40.6 Å². The van der Waals surface area contributed by atoms with Gasteiger partial charge in [-0.15, -0.1) is 11.8 Å². The zero-order chi connectivity index (χ0) is 20.1. The Morgan fingerprint density at radius 1 is 1.07 bits per heavy atom. The Balaban J connectivity index is 1.51. The number of piperazine rings is 1. The van der Waals surface area contributed by atoms with Crippen molar-refractivity contribution in [3.8, 4) is 0 Å². The average Bonchev–Trinajstić information content (AvgIpc) is 2.72. The van der Waals surface area contributed by atoms with Crippen LogP contribution in [0.25, 0.3) is 0 Å². The third-order valence-electron chi connectivity index (χ3n) is 4.73. The molecular formula is C21H22ClFN2O2S. The van der Waals surface area contributed by atoms with Gasteiger partial charge in [0.15, 0.2) is 0 Å². The van der Waals surface area contributed by atoms with Crippen LogP contribution in [0.2, 0.25) is 5.02 Å². The predicted molar refractivity (Wildman–Crippen MR) is 111 cm³/mol. The van der Waals surface area contributed by atoms with Crippen molar-refractivity contribution >= 4 is 35.2 Å². The molecule has 1 atom stereocenters. The fourth-order valence-corrected chi connectivity index (χ4v) is 4.26. The molecule has 1 saturated heterocycles. The SMILES string of the molecule is CC(SCc1ccccc1)C(=O)N1CCN(C(=O)c2ccc(F)cc2Cl)CC1. The fourth-order valence-electron chi connectivity index (χ4n) is 3.09. The van der Waals surface area contributed by atoms with E-state index in [1.54, 1.807) is 21.6 Å². The second-order valence-corrected chi connectivity index (χ2v) is 8.42. The van der Waals surface area contributed by atoms with Gasteiger partial charge in [0.1, 0.15) is 5.82 Å². The summed E-state index contributed by atoms with van der Waals surface area (Å²) < 4.78 is 13.2. The van der Waals surface area contributed by atoms with Crippen molar-refractivity contribution in [1.29, 1.82) is 0 Å². The summed E-state index contributed by atoms with van der Waals surface area (Å²) in [4.78, 5) is 28.8. The summed E-state index contributed by atoms with van der Waals surface area (Å²) in [5.41, 5.74) is 1.48. The van der Waals surface area contributed by atoms with E-state index >= 15 is 0 Å². The van der Waals surface area contributed by atoms with Gasteiger partial charge in [0.05, 0.1) is 15.8 Å². The molecule has 4 nitrogen and oxygen atoms in total. The Labute approximate surface area is 173 Å². The van der Waals surface area contributed by atoms with E-state index in [0.29, 0.717) is 26.2 Å². The quantitative estimate of drug-likeness (QED) is 0.731. The van der Waals surface area contributed by atoms with Gasteiger partial charge in [-0.1, -0.05) is 41.9 Å². The number of thioether (sulfide) groups is 1. The van der Waals surface area contributed by atoms with Crippen LogP contribution in [-0.2, 0) is 10.5 Å². The largest absolute Gasteiger partial charge is 0.338 e. The van der Waals surface area contributed by atoms with Crippen LogP contribution in [0, 0.1) is 5.82 Å². The van der Waals surface area contributed by atoms with Crippen LogP contribution in [0.15, 0.2) is 48.5 Å². The highest BCUT2D eigenvalue weighted by atomic mass is 35.5. The fraction of sp³-hybridized carbons (Fsp3) is 0.333. The van der Waals surface area contributed by atoms with Crippen LogP contribution in [0.3, 0.4) is 0 Å². The summed E-state index contributed by atoms with van der Waals surface area (Å²) in [7, 11) is 0. The molecular weight excluding hydrogens is 399 g/mol. The number of hydrogen-bond donors (Lipinski definition) is 0. The number of hydrogen-bond acceptors (Lipinski definition) is 3. The monoisotopic (exact) mass is 420 g/mol. The highest BCUT2D eigenvalue weighted by Crippen LogP contribution is 2.22. The molecule has 1 fully saturated rings. The van der Waals surface area contributed by atoms with Crippen molar-refractivity contribution in [2.24, 2.45) is 0 Å². The minimum Gasteiger partial charge on any atom is -0.338 e. The van der Waals surface area contributed by atoms with Gasteiger partial charge < -0.3 is 9.80 Å². The number of amides is 2. The van der Waals surface area contributed by atoms with Crippen molar-refractivity contribution < 1.29 is 14.0 Å². The highest BCUT2D eigenvalue weighted by Gasteiger charge is 2.28. The van der Waals surface area contributed by atoms with Gasteiger partial charge in [-0.25, -0.2) is 4.39 Å². The van der Waals surface area contributed by atoms with E-state index in [1.165, 1.54) is 17.7 Å². The number of halogens is 2. The first-order chi connectivity index (χ1) is 13.5. The summed E-state index contributed by atoms with van der Waals surface area (Å²) >= 11 is 7.61. The average molecular weight is 421 g/mol. The molecule has 1 heterocycles. The van der Waals surface area contributed by atoms with E-state index in [1.807, 2.05) is 25.1 Å². The van der Waals surface area contributed by atoms with Gasteiger partial charge in [-0.05, 0) is 30.7 Å². The number of carbonyl (C=O) groups excluding carboxylic acids is 2. The van der Waals surface area contributed by atoms with Gasteiger partial charge in [0, 0.05) is 31.9 Å². The first kappa shape index (κ1) is 20.7. The zero-order valence-electron chi connectivity index (χ0n) is 15.6. The second-order valence-electron chi connectivity index (χ2n) is 6.68. The van der Waals surface area contributed by atoms with Crippen LogP contribution in [0.4, 0.5) is 4.39 Å². The number of benzene rings is 2. The van der Waals surface area contributed by atoms with Crippen molar-refractivity contribution in [2.45, 2.75) is 17.9 Å². The van der Waals surface area contributed by atoms with Crippen molar-refractivity contribution in [3.63, 3.8) is 0 Å². The molecule has 0 saturated carbocycles. The Bertz CT molecular complexity index is 842. The molecule has 1 aliphatic heterocycles. The summed E-state index contributed by atoms with van der Waals surface area (Å²) in [5.74, 6) is 0.172. The smallest absolute Gasteiger partial charge is 0.255 e. The molecule has 0 N–H and O–H groups in total. The predicted octanol–water partition coefficient (Wildman–Crippen LogP) is 4.09. The maximum absolute atomic E-state index is 13.2. The van der Waals surface area contributed by atoms with E-state index in [4.69, 9.17) is 11.6 Å². The molecule has 0 radical (unpaired) electrons. The van der Waals surface area contributed by atoms with E-state index in [-0.39, 0.29) is 27.7 Å². The maximum Gasteiger partial charge on any atom is 0.255 e. The summed E-state index contributed by atoms with van der Waals surface area (Å²) in [6.07, 6.45) is 0. The number of nitrogens with zero attached hydrogens (tertiary/aromatic N) is 2. The molecule has 0 aromatic heterocycles. The van der Waals surface area contributed by atoms with E-state index in [2.05, 4.69) is 12.1 Å². The van der Waals surface area contributed by atoms with Crippen molar-refractivity contribution in [3.05, 3.63) is 70.5 Å². The van der Waals surface area contributed by atoms with Crippen LogP contribution in [0.1, 0.15) is 22.8 Å². The highest BCUT2D eigenvalue weighted by molar-refractivity contribution is 7.99. The van der Waals surface area contributed by atoms with Gasteiger partial charge in [-0.2, -0.15) is 0 Å². The molecule has 3 rings (SSSR count). The third kappa shape index (κ3) is 5.06. The molecule has 28 heavy (non-hydrogen) atoms. The third-order valence-corrected chi connectivity index (χ3v) is 6.25. The van der Waals surface area contributed by atoms with Gasteiger partial charge in [0.2, 0.25) is 5.91 Å². The minimum atomic E-state index is -0.473. The normalized spacial score (nSPS) is 15.4. The number of carbonyl (C=O) groups is 2. The lowest BCUT2D eigenvalue weighted by molar-refractivity contribution is -0.131.